The fourth-order valence-electron chi connectivity index (χ4n) is 1.45. The summed E-state index contributed by atoms with van der Waals surface area (Å²) in [6, 6.07) is 2.03. The van der Waals surface area contributed by atoms with Gasteiger partial charge in [-0.3, -0.25) is 0 Å². The third kappa shape index (κ3) is 1.62. The topological polar surface area (TPSA) is 67.6 Å². The highest BCUT2D eigenvalue weighted by Crippen LogP contribution is 2.14. The molecule has 5 heteroatoms. The van der Waals surface area contributed by atoms with Gasteiger partial charge in [0.1, 0.15) is 11.8 Å². The van der Waals surface area contributed by atoms with E-state index < -0.39 is 0 Å². The van der Waals surface area contributed by atoms with Crippen LogP contribution < -0.4 is 0 Å². The van der Waals surface area contributed by atoms with Crippen LogP contribution in [0.5, 0.6) is 0 Å². The Kier molecular flexibility index (Phi) is 2.26. The zero-order valence-corrected chi connectivity index (χ0v) is 8.56. The predicted molar refractivity (Wildman–Crippen MR) is 52.0 cm³/mol. The molecular weight excluding hydrogens is 192 g/mol. The lowest BCUT2D eigenvalue weighted by atomic mass is 10.2. The van der Waals surface area contributed by atoms with E-state index in [-0.39, 0.29) is 0 Å². The normalized spacial score (nSPS) is 10.2. The number of nitriles is 1. The molecule has 0 aliphatic heterocycles. The molecule has 0 aliphatic rings. The summed E-state index contributed by atoms with van der Waals surface area (Å²) in [7, 11) is 0. The van der Waals surface area contributed by atoms with Gasteiger partial charge in [-0.05, 0) is 13.8 Å². The van der Waals surface area contributed by atoms with Gasteiger partial charge in [-0.2, -0.15) is 5.26 Å². The van der Waals surface area contributed by atoms with Crippen LogP contribution in [0.3, 0.4) is 0 Å². The summed E-state index contributed by atoms with van der Waals surface area (Å²) in [4.78, 5) is 3.93. The average Bonchev–Trinajstić information content (AvgIpc) is 2.79. The Labute approximate surface area is 86.9 Å². The van der Waals surface area contributed by atoms with Crippen LogP contribution in [0.2, 0.25) is 0 Å². The van der Waals surface area contributed by atoms with Crippen molar-refractivity contribution in [2.75, 3.05) is 0 Å². The van der Waals surface area contributed by atoms with Gasteiger partial charge >= 0.3 is 0 Å². The van der Waals surface area contributed by atoms with E-state index in [1.54, 1.807) is 17.0 Å². The molecule has 2 rings (SSSR count). The van der Waals surface area contributed by atoms with E-state index in [1.807, 2.05) is 19.9 Å². The maximum Gasteiger partial charge on any atom is 0.213 e. The van der Waals surface area contributed by atoms with Crippen LogP contribution in [-0.2, 0) is 6.54 Å². The van der Waals surface area contributed by atoms with Crippen molar-refractivity contribution in [1.82, 2.24) is 14.7 Å². The minimum Gasteiger partial charge on any atom is -0.361 e. The van der Waals surface area contributed by atoms with Crippen molar-refractivity contribution >= 4 is 0 Å². The first-order chi connectivity index (χ1) is 7.22. The molecule has 0 amide bonds. The Morgan fingerprint density at radius 2 is 2.33 bits per heavy atom. The van der Waals surface area contributed by atoms with Crippen molar-refractivity contribution < 1.29 is 4.52 Å². The van der Waals surface area contributed by atoms with Gasteiger partial charge in [-0.25, -0.2) is 4.98 Å². The second kappa shape index (κ2) is 3.58. The fourth-order valence-corrected chi connectivity index (χ4v) is 1.45. The first-order valence-electron chi connectivity index (χ1n) is 4.55. The zero-order valence-electron chi connectivity index (χ0n) is 8.56. The summed E-state index contributed by atoms with van der Waals surface area (Å²) in [5, 5.41) is 12.7. The zero-order chi connectivity index (χ0) is 10.8. The first kappa shape index (κ1) is 9.46. The SMILES string of the molecule is Cc1noc(C)c1Cn1ccnc1C#N. The van der Waals surface area contributed by atoms with Crippen LogP contribution >= 0.6 is 0 Å². The van der Waals surface area contributed by atoms with Crippen molar-refractivity contribution in [3.63, 3.8) is 0 Å². The van der Waals surface area contributed by atoms with Gasteiger partial charge in [0.15, 0.2) is 0 Å². The molecule has 0 unspecified atom stereocenters. The fraction of sp³-hybridized carbons (Fsp3) is 0.300. The van der Waals surface area contributed by atoms with E-state index in [9.17, 15) is 0 Å². The summed E-state index contributed by atoms with van der Waals surface area (Å²) in [6.07, 6.45) is 3.38. The molecule has 0 fully saturated rings. The molecule has 0 atom stereocenters. The number of aromatic nitrogens is 3. The molecule has 0 bridgehead atoms. The Balaban J connectivity index is 2.34. The minimum atomic E-state index is 0.398. The number of nitrogens with zero attached hydrogens (tertiary/aromatic N) is 4. The van der Waals surface area contributed by atoms with Gasteiger partial charge in [0.2, 0.25) is 5.82 Å². The van der Waals surface area contributed by atoms with Gasteiger partial charge in [-0.15, -0.1) is 0 Å². The summed E-state index contributed by atoms with van der Waals surface area (Å²) in [5.74, 6) is 1.18. The molecule has 5 nitrogen and oxygen atoms in total. The Morgan fingerprint density at radius 1 is 1.53 bits per heavy atom. The third-order valence-electron chi connectivity index (χ3n) is 2.33. The molecule has 15 heavy (non-hydrogen) atoms. The maximum absolute atomic E-state index is 8.80. The molecule has 0 N–H and O–H groups in total. The molecule has 0 saturated carbocycles. The molecule has 76 valence electrons. The second-order valence-corrected chi connectivity index (χ2v) is 3.29. The number of aryl methyl sites for hydroxylation is 2. The van der Waals surface area contributed by atoms with E-state index in [4.69, 9.17) is 9.78 Å². The predicted octanol–water partition coefficient (Wildman–Crippen LogP) is 1.41. The monoisotopic (exact) mass is 202 g/mol. The molecule has 2 heterocycles. The largest absolute Gasteiger partial charge is 0.361 e. The van der Waals surface area contributed by atoms with E-state index in [1.165, 1.54) is 0 Å². The highest BCUT2D eigenvalue weighted by Gasteiger charge is 2.11. The number of imidazole rings is 1. The third-order valence-corrected chi connectivity index (χ3v) is 2.33. The van der Waals surface area contributed by atoms with E-state index in [0.29, 0.717) is 12.4 Å². The number of hydrogen-bond acceptors (Lipinski definition) is 4. The van der Waals surface area contributed by atoms with Crippen LogP contribution in [0.15, 0.2) is 16.9 Å². The van der Waals surface area contributed by atoms with Crippen LogP contribution in [-0.4, -0.2) is 14.7 Å². The number of hydrogen-bond donors (Lipinski definition) is 0. The minimum absolute atomic E-state index is 0.398. The highest BCUT2D eigenvalue weighted by molar-refractivity contribution is 5.23. The Hall–Kier alpha value is -2.09. The second-order valence-electron chi connectivity index (χ2n) is 3.29. The summed E-state index contributed by atoms with van der Waals surface area (Å²) < 4.78 is 6.82. The van der Waals surface area contributed by atoms with Crippen LogP contribution in [0.1, 0.15) is 22.8 Å². The summed E-state index contributed by atoms with van der Waals surface area (Å²) in [5.41, 5.74) is 1.86. The quantitative estimate of drug-likeness (QED) is 0.738. The van der Waals surface area contributed by atoms with Crippen molar-refractivity contribution in [1.29, 1.82) is 5.26 Å². The number of rotatable bonds is 2. The van der Waals surface area contributed by atoms with Crippen molar-refractivity contribution in [3.8, 4) is 6.07 Å². The highest BCUT2D eigenvalue weighted by atomic mass is 16.5. The molecule has 0 aliphatic carbocycles. The molecule has 0 radical (unpaired) electrons. The van der Waals surface area contributed by atoms with Gasteiger partial charge in [0.05, 0.1) is 12.2 Å². The molecule has 0 saturated heterocycles. The Morgan fingerprint density at radius 3 is 2.93 bits per heavy atom. The van der Waals surface area contributed by atoms with Crippen LogP contribution in [0.4, 0.5) is 0 Å². The van der Waals surface area contributed by atoms with Gasteiger partial charge in [0, 0.05) is 18.0 Å². The molecule has 0 spiro atoms. The van der Waals surface area contributed by atoms with Gasteiger partial charge in [0.25, 0.3) is 0 Å². The van der Waals surface area contributed by atoms with Crippen LogP contribution in [0.25, 0.3) is 0 Å². The molecule has 2 aromatic heterocycles. The van der Waals surface area contributed by atoms with E-state index in [2.05, 4.69) is 10.1 Å². The van der Waals surface area contributed by atoms with Gasteiger partial charge < -0.3 is 9.09 Å². The lowest BCUT2D eigenvalue weighted by Crippen LogP contribution is -2.03. The Bertz CT molecular complexity index is 498. The molecule has 2 aromatic rings. The standard InChI is InChI=1S/C10H10N4O/c1-7-9(8(2)15-13-7)6-14-4-3-12-10(14)5-11/h3-4H,6H2,1-2H3. The lowest BCUT2D eigenvalue weighted by Gasteiger charge is -2.02. The van der Waals surface area contributed by atoms with E-state index in [0.717, 1.165) is 17.0 Å². The van der Waals surface area contributed by atoms with Crippen molar-refractivity contribution in [3.05, 3.63) is 35.2 Å². The maximum atomic E-state index is 8.80. The van der Waals surface area contributed by atoms with Crippen molar-refractivity contribution in [2.24, 2.45) is 0 Å². The smallest absolute Gasteiger partial charge is 0.213 e. The lowest BCUT2D eigenvalue weighted by molar-refractivity contribution is 0.392. The summed E-state index contributed by atoms with van der Waals surface area (Å²) in [6.45, 7) is 4.32. The first-order valence-corrected chi connectivity index (χ1v) is 4.55. The van der Waals surface area contributed by atoms with Crippen LogP contribution in [0, 0.1) is 25.2 Å². The molecular formula is C10H10N4O. The molecule has 0 aromatic carbocycles. The van der Waals surface area contributed by atoms with Crippen molar-refractivity contribution in [2.45, 2.75) is 20.4 Å². The van der Waals surface area contributed by atoms with E-state index >= 15 is 0 Å². The van der Waals surface area contributed by atoms with Gasteiger partial charge in [-0.1, -0.05) is 5.16 Å². The average molecular weight is 202 g/mol. The summed E-state index contributed by atoms with van der Waals surface area (Å²) >= 11 is 0.